The summed E-state index contributed by atoms with van der Waals surface area (Å²) in [5, 5.41) is 3.55. The highest BCUT2D eigenvalue weighted by Crippen LogP contribution is 2.29. The number of rotatable bonds is 5. The van der Waals surface area contributed by atoms with Crippen LogP contribution >= 0.6 is 0 Å². The van der Waals surface area contributed by atoms with Crippen molar-refractivity contribution < 1.29 is 4.74 Å². The standard InChI is InChI=1S/C21H23N3O/c1-21(2,15-6-4-3-5-7-15)24-18-8-10-19(11-9-18)25-20-13-16(22)12-17(23)14-20/h3-14,24H,22-23H2,1-2H3. The molecule has 3 rings (SSSR count). The van der Waals surface area contributed by atoms with Crippen molar-refractivity contribution in [1.29, 1.82) is 0 Å². The van der Waals surface area contributed by atoms with Crippen molar-refractivity contribution in [2.24, 2.45) is 0 Å². The van der Waals surface area contributed by atoms with Crippen LogP contribution in [0.1, 0.15) is 19.4 Å². The predicted molar refractivity (Wildman–Crippen MR) is 105 cm³/mol. The Kier molecular flexibility index (Phi) is 4.52. The van der Waals surface area contributed by atoms with Gasteiger partial charge < -0.3 is 21.5 Å². The van der Waals surface area contributed by atoms with Gasteiger partial charge in [-0.05, 0) is 49.7 Å². The molecular formula is C21H23N3O. The minimum absolute atomic E-state index is 0.175. The molecule has 128 valence electrons. The second-order valence-corrected chi connectivity index (χ2v) is 6.58. The number of ether oxygens (including phenoxy) is 1. The molecule has 0 amide bonds. The summed E-state index contributed by atoms with van der Waals surface area (Å²) in [6, 6.07) is 23.4. The Morgan fingerprint density at radius 1 is 0.760 bits per heavy atom. The van der Waals surface area contributed by atoms with Gasteiger partial charge >= 0.3 is 0 Å². The summed E-state index contributed by atoms with van der Waals surface area (Å²) in [5.74, 6) is 1.36. The summed E-state index contributed by atoms with van der Waals surface area (Å²) in [6.45, 7) is 4.31. The maximum atomic E-state index is 5.82. The molecule has 0 fully saturated rings. The topological polar surface area (TPSA) is 73.3 Å². The van der Waals surface area contributed by atoms with E-state index in [1.807, 2.05) is 42.5 Å². The van der Waals surface area contributed by atoms with Gasteiger partial charge in [0.1, 0.15) is 11.5 Å². The highest BCUT2D eigenvalue weighted by molar-refractivity contribution is 5.58. The smallest absolute Gasteiger partial charge is 0.131 e. The van der Waals surface area contributed by atoms with E-state index in [2.05, 4.69) is 31.3 Å². The Morgan fingerprint density at radius 3 is 1.96 bits per heavy atom. The van der Waals surface area contributed by atoms with Crippen molar-refractivity contribution in [2.75, 3.05) is 16.8 Å². The molecule has 5 N–H and O–H groups in total. The average molecular weight is 333 g/mol. The van der Waals surface area contributed by atoms with E-state index in [0.29, 0.717) is 17.1 Å². The first-order chi connectivity index (χ1) is 11.9. The van der Waals surface area contributed by atoms with Gasteiger partial charge in [0, 0.05) is 29.2 Å². The fourth-order valence-electron chi connectivity index (χ4n) is 2.74. The molecule has 0 aliphatic carbocycles. The molecule has 0 atom stereocenters. The van der Waals surface area contributed by atoms with Gasteiger partial charge in [-0.1, -0.05) is 30.3 Å². The number of anilines is 3. The Balaban J connectivity index is 1.72. The lowest BCUT2D eigenvalue weighted by Crippen LogP contribution is -2.27. The zero-order chi connectivity index (χ0) is 17.9. The van der Waals surface area contributed by atoms with Gasteiger partial charge in [0.05, 0.1) is 5.54 Å². The van der Waals surface area contributed by atoms with Crippen LogP contribution in [0.25, 0.3) is 0 Å². The van der Waals surface area contributed by atoms with E-state index in [-0.39, 0.29) is 5.54 Å². The molecule has 0 saturated heterocycles. The van der Waals surface area contributed by atoms with E-state index in [4.69, 9.17) is 16.2 Å². The molecule has 4 heteroatoms. The van der Waals surface area contributed by atoms with Crippen molar-refractivity contribution in [1.82, 2.24) is 0 Å². The fraction of sp³-hybridized carbons (Fsp3) is 0.143. The Labute approximate surface area is 148 Å². The largest absolute Gasteiger partial charge is 0.457 e. The minimum Gasteiger partial charge on any atom is -0.457 e. The maximum Gasteiger partial charge on any atom is 0.131 e. The maximum absolute atomic E-state index is 5.82. The molecule has 0 saturated carbocycles. The Morgan fingerprint density at radius 2 is 1.36 bits per heavy atom. The number of hydrogen-bond acceptors (Lipinski definition) is 4. The highest BCUT2D eigenvalue weighted by atomic mass is 16.5. The van der Waals surface area contributed by atoms with E-state index in [9.17, 15) is 0 Å². The van der Waals surface area contributed by atoms with Crippen molar-refractivity contribution in [3.8, 4) is 11.5 Å². The van der Waals surface area contributed by atoms with E-state index in [0.717, 1.165) is 11.4 Å². The van der Waals surface area contributed by atoms with Gasteiger partial charge in [-0.15, -0.1) is 0 Å². The molecule has 0 radical (unpaired) electrons. The zero-order valence-corrected chi connectivity index (χ0v) is 14.5. The number of nitrogen functional groups attached to an aromatic ring is 2. The predicted octanol–water partition coefficient (Wildman–Crippen LogP) is 4.99. The quantitative estimate of drug-likeness (QED) is 0.575. The van der Waals surface area contributed by atoms with Gasteiger partial charge in [-0.2, -0.15) is 0 Å². The van der Waals surface area contributed by atoms with E-state index < -0.39 is 0 Å². The van der Waals surface area contributed by atoms with Gasteiger partial charge in [-0.25, -0.2) is 0 Å². The third-order valence-corrected chi connectivity index (χ3v) is 3.99. The molecular weight excluding hydrogens is 310 g/mol. The van der Waals surface area contributed by atoms with Crippen LogP contribution in [0.3, 0.4) is 0 Å². The molecule has 0 spiro atoms. The molecule has 3 aromatic rings. The van der Waals surface area contributed by atoms with Crippen LogP contribution in [-0.4, -0.2) is 0 Å². The second-order valence-electron chi connectivity index (χ2n) is 6.58. The number of benzene rings is 3. The summed E-state index contributed by atoms with van der Waals surface area (Å²) in [7, 11) is 0. The molecule has 0 heterocycles. The van der Waals surface area contributed by atoms with Crippen LogP contribution in [0.15, 0.2) is 72.8 Å². The molecule has 25 heavy (non-hydrogen) atoms. The van der Waals surface area contributed by atoms with Crippen molar-refractivity contribution in [3.05, 3.63) is 78.4 Å². The SMILES string of the molecule is CC(C)(Nc1ccc(Oc2cc(N)cc(N)c2)cc1)c1ccccc1. The van der Waals surface area contributed by atoms with Gasteiger partial charge in [0.15, 0.2) is 0 Å². The van der Waals surface area contributed by atoms with E-state index in [1.165, 1.54) is 5.56 Å². The van der Waals surface area contributed by atoms with E-state index >= 15 is 0 Å². The Hall–Kier alpha value is -3.14. The monoisotopic (exact) mass is 333 g/mol. The molecule has 0 aliphatic heterocycles. The van der Waals surface area contributed by atoms with Crippen molar-refractivity contribution >= 4 is 17.1 Å². The molecule has 0 bridgehead atoms. The van der Waals surface area contributed by atoms with E-state index in [1.54, 1.807) is 18.2 Å². The summed E-state index contributed by atoms with van der Waals surface area (Å²) >= 11 is 0. The summed E-state index contributed by atoms with van der Waals surface area (Å²) in [5.41, 5.74) is 14.8. The van der Waals surface area contributed by atoms with Crippen LogP contribution in [0, 0.1) is 0 Å². The summed E-state index contributed by atoms with van der Waals surface area (Å²) in [6.07, 6.45) is 0. The van der Waals surface area contributed by atoms with Gasteiger partial charge in [0.25, 0.3) is 0 Å². The summed E-state index contributed by atoms with van der Waals surface area (Å²) in [4.78, 5) is 0. The van der Waals surface area contributed by atoms with Crippen LogP contribution in [0.4, 0.5) is 17.1 Å². The molecule has 0 unspecified atom stereocenters. The zero-order valence-electron chi connectivity index (χ0n) is 14.5. The molecule has 0 aliphatic rings. The first kappa shape index (κ1) is 16.7. The number of nitrogens with one attached hydrogen (secondary N) is 1. The Bertz CT molecular complexity index is 823. The van der Waals surface area contributed by atoms with Crippen LogP contribution in [-0.2, 0) is 5.54 Å². The third-order valence-electron chi connectivity index (χ3n) is 3.99. The van der Waals surface area contributed by atoms with Gasteiger partial charge in [-0.3, -0.25) is 0 Å². The van der Waals surface area contributed by atoms with Crippen molar-refractivity contribution in [2.45, 2.75) is 19.4 Å². The molecule has 4 nitrogen and oxygen atoms in total. The number of nitrogens with two attached hydrogens (primary N) is 2. The second kappa shape index (κ2) is 6.77. The molecule has 3 aromatic carbocycles. The van der Waals surface area contributed by atoms with Gasteiger partial charge in [0.2, 0.25) is 0 Å². The van der Waals surface area contributed by atoms with Crippen LogP contribution < -0.4 is 21.5 Å². The first-order valence-corrected chi connectivity index (χ1v) is 8.20. The minimum atomic E-state index is -0.175. The molecule has 0 aromatic heterocycles. The lowest BCUT2D eigenvalue weighted by molar-refractivity contribution is 0.483. The lowest BCUT2D eigenvalue weighted by Gasteiger charge is -2.28. The van der Waals surface area contributed by atoms with Crippen molar-refractivity contribution in [3.63, 3.8) is 0 Å². The van der Waals surface area contributed by atoms with Crippen LogP contribution in [0.2, 0.25) is 0 Å². The normalized spacial score (nSPS) is 11.1. The first-order valence-electron chi connectivity index (χ1n) is 8.20. The fourth-order valence-corrected chi connectivity index (χ4v) is 2.74. The lowest BCUT2D eigenvalue weighted by atomic mass is 9.94. The highest BCUT2D eigenvalue weighted by Gasteiger charge is 2.19. The average Bonchev–Trinajstić information content (AvgIpc) is 2.56. The third kappa shape index (κ3) is 4.23. The number of hydrogen-bond donors (Lipinski definition) is 3. The van der Waals surface area contributed by atoms with Crippen LogP contribution in [0.5, 0.6) is 11.5 Å². The summed E-state index contributed by atoms with van der Waals surface area (Å²) < 4.78 is 5.82.